The topological polar surface area (TPSA) is 56.6 Å². The molecule has 0 radical (unpaired) electrons. The van der Waals surface area contributed by atoms with Crippen LogP contribution in [0.1, 0.15) is 37.9 Å². The average molecular weight is 438 g/mol. The molecule has 1 aliphatic heterocycles. The molecule has 2 aromatic carbocycles. The van der Waals surface area contributed by atoms with Crippen LogP contribution < -0.4 is 4.74 Å². The molecule has 0 aliphatic carbocycles. The van der Waals surface area contributed by atoms with E-state index in [1.54, 1.807) is 28.6 Å². The third-order valence-electron chi connectivity index (χ3n) is 5.63. The largest absolute Gasteiger partial charge is 0.439 e. The molecule has 1 amide bonds. The molecular formula is C25H28FN3O3. The molecule has 0 spiro atoms. The van der Waals surface area contributed by atoms with Crippen molar-refractivity contribution in [3.8, 4) is 17.3 Å². The van der Waals surface area contributed by atoms with Crippen LogP contribution in [0.3, 0.4) is 0 Å². The Morgan fingerprint density at radius 3 is 2.59 bits per heavy atom. The van der Waals surface area contributed by atoms with Crippen LogP contribution in [0.15, 0.2) is 54.6 Å². The van der Waals surface area contributed by atoms with Crippen LogP contribution in [-0.4, -0.2) is 39.8 Å². The van der Waals surface area contributed by atoms with Crippen molar-refractivity contribution in [2.24, 2.45) is 0 Å². The summed E-state index contributed by atoms with van der Waals surface area (Å²) in [5.41, 5.74) is 2.54. The Bertz CT molecular complexity index is 1040. The summed E-state index contributed by atoms with van der Waals surface area (Å²) in [5, 5.41) is 4.81. The number of hydrogen-bond acceptors (Lipinski definition) is 4. The van der Waals surface area contributed by atoms with E-state index in [1.165, 1.54) is 12.1 Å². The molecule has 0 unspecified atom stereocenters. The number of para-hydroxylation sites is 1. The van der Waals surface area contributed by atoms with Gasteiger partial charge in [-0.2, -0.15) is 5.10 Å². The SMILES string of the molecule is CCc1nn(-c2ccccc2)c(Oc2ccc(F)cc2)c1CN(C[C@H]1CCCO1)C(C)=O. The molecule has 0 bridgehead atoms. The first kappa shape index (κ1) is 22.0. The number of hydrogen-bond donors (Lipinski definition) is 0. The fraction of sp³-hybridized carbons (Fsp3) is 0.360. The number of rotatable bonds is 8. The van der Waals surface area contributed by atoms with Gasteiger partial charge in [-0.3, -0.25) is 4.79 Å². The highest BCUT2D eigenvalue weighted by molar-refractivity contribution is 5.73. The maximum atomic E-state index is 13.4. The van der Waals surface area contributed by atoms with Gasteiger partial charge >= 0.3 is 0 Å². The van der Waals surface area contributed by atoms with Gasteiger partial charge in [-0.25, -0.2) is 9.07 Å². The molecule has 1 aromatic heterocycles. The van der Waals surface area contributed by atoms with Crippen LogP contribution in [0.4, 0.5) is 4.39 Å². The van der Waals surface area contributed by atoms with E-state index in [9.17, 15) is 9.18 Å². The molecule has 1 aliphatic rings. The van der Waals surface area contributed by atoms with Gasteiger partial charge in [0.25, 0.3) is 0 Å². The Morgan fingerprint density at radius 2 is 1.97 bits per heavy atom. The smallest absolute Gasteiger partial charge is 0.227 e. The van der Waals surface area contributed by atoms with Crippen LogP contribution in [-0.2, 0) is 22.5 Å². The quantitative estimate of drug-likeness (QED) is 0.503. The molecule has 0 saturated carbocycles. The highest BCUT2D eigenvalue weighted by Crippen LogP contribution is 2.32. The van der Waals surface area contributed by atoms with E-state index in [4.69, 9.17) is 14.6 Å². The highest BCUT2D eigenvalue weighted by atomic mass is 19.1. The number of carbonyl (C=O) groups is 1. The fourth-order valence-corrected chi connectivity index (χ4v) is 3.91. The highest BCUT2D eigenvalue weighted by Gasteiger charge is 2.26. The van der Waals surface area contributed by atoms with Gasteiger partial charge in [0.15, 0.2) is 0 Å². The standard InChI is InChI=1S/C25H28FN3O3/c1-3-24-23(17-28(18(2)30)16-22-10-7-15-31-22)25(32-21-13-11-19(26)12-14-21)29(27-24)20-8-5-4-6-9-20/h4-6,8-9,11-14,22H,3,7,10,15-17H2,1-2H3/t22-/m1/s1. The van der Waals surface area contributed by atoms with Crippen molar-refractivity contribution in [3.63, 3.8) is 0 Å². The second-order valence-corrected chi connectivity index (χ2v) is 7.92. The zero-order valence-corrected chi connectivity index (χ0v) is 18.5. The molecule has 2 heterocycles. The number of benzene rings is 2. The molecule has 1 atom stereocenters. The van der Waals surface area contributed by atoms with Crippen LogP contribution >= 0.6 is 0 Å². The summed E-state index contributed by atoms with van der Waals surface area (Å²) in [7, 11) is 0. The number of ether oxygens (including phenoxy) is 2. The Kier molecular flexibility index (Phi) is 6.85. The van der Waals surface area contributed by atoms with Crippen LogP contribution in [0.5, 0.6) is 11.6 Å². The maximum Gasteiger partial charge on any atom is 0.227 e. The second kappa shape index (κ2) is 9.96. The summed E-state index contributed by atoms with van der Waals surface area (Å²) in [5.74, 6) is 0.671. The summed E-state index contributed by atoms with van der Waals surface area (Å²) in [6.07, 6.45) is 2.70. The number of halogens is 1. The van der Waals surface area contributed by atoms with Crippen molar-refractivity contribution in [2.45, 2.75) is 45.8 Å². The summed E-state index contributed by atoms with van der Waals surface area (Å²) >= 11 is 0. The van der Waals surface area contributed by atoms with Crippen molar-refractivity contribution in [3.05, 3.63) is 71.7 Å². The first-order chi connectivity index (χ1) is 15.5. The monoisotopic (exact) mass is 437 g/mol. The van der Waals surface area contributed by atoms with E-state index in [0.29, 0.717) is 31.1 Å². The third kappa shape index (κ3) is 4.99. The van der Waals surface area contributed by atoms with Gasteiger partial charge in [-0.05, 0) is 55.7 Å². The molecule has 32 heavy (non-hydrogen) atoms. The molecule has 3 aromatic rings. The first-order valence-corrected chi connectivity index (χ1v) is 11.0. The summed E-state index contributed by atoms with van der Waals surface area (Å²) < 4.78 is 27.2. The molecule has 7 heteroatoms. The van der Waals surface area contributed by atoms with Crippen LogP contribution in [0.25, 0.3) is 5.69 Å². The number of nitrogens with zero attached hydrogens (tertiary/aromatic N) is 3. The van der Waals surface area contributed by atoms with Gasteiger partial charge < -0.3 is 14.4 Å². The van der Waals surface area contributed by atoms with Crippen molar-refractivity contribution < 1.29 is 18.7 Å². The zero-order valence-electron chi connectivity index (χ0n) is 18.5. The molecule has 168 valence electrons. The second-order valence-electron chi connectivity index (χ2n) is 7.92. The van der Waals surface area contributed by atoms with E-state index in [2.05, 4.69) is 0 Å². The zero-order chi connectivity index (χ0) is 22.5. The lowest BCUT2D eigenvalue weighted by atomic mass is 10.1. The van der Waals surface area contributed by atoms with Gasteiger partial charge in [-0.1, -0.05) is 25.1 Å². The lowest BCUT2D eigenvalue weighted by Crippen LogP contribution is -2.35. The Morgan fingerprint density at radius 1 is 1.22 bits per heavy atom. The lowest BCUT2D eigenvalue weighted by Gasteiger charge is -2.24. The van der Waals surface area contributed by atoms with Gasteiger partial charge in [0.1, 0.15) is 11.6 Å². The van der Waals surface area contributed by atoms with E-state index >= 15 is 0 Å². The van der Waals surface area contributed by atoms with Crippen molar-refractivity contribution in [1.29, 1.82) is 0 Å². The number of aromatic nitrogens is 2. The third-order valence-corrected chi connectivity index (χ3v) is 5.63. The van der Waals surface area contributed by atoms with Crippen molar-refractivity contribution in [2.75, 3.05) is 13.2 Å². The van der Waals surface area contributed by atoms with Crippen molar-refractivity contribution in [1.82, 2.24) is 14.7 Å². The Labute approximate surface area is 187 Å². The summed E-state index contributed by atoms with van der Waals surface area (Å²) in [6.45, 7) is 5.23. The predicted octanol–water partition coefficient (Wildman–Crippen LogP) is 4.89. The van der Waals surface area contributed by atoms with Gasteiger partial charge in [0, 0.05) is 20.1 Å². The Hall–Kier alpha value is -3.19. The molecule has 6 nitrogen and oxygen atoms in total. The molecular weight excluding hydrogens is 409 g/mol. The minimum Gasteiger partial charge on any atom is -0.439 e. The average Bonchev–Trinajstić information content (AvgIpc) is 3.43. The van der Waals surface area contributed by atoms with E-state index in [-0.39, 0.29) is 17.8 Å². The maximum absolute atomic E-state index is 13.4. The minimum absolute atomic E-state index is 0.0252. The van der Waals surface area contributed by atoms with E-state index in [1.807, 2.05) is 37.3 Å². The molecule has 1 fully saturated rings. The van der Waals surface area contributed by atoms with Crippen LogP contribution in [0, 0.1) is 5.82 Å². The molecule has 4 rings (SSSR count). The molecule has 1 saturated heterocycles. The van der Waals surface area contributed by atoms with Gasteiger partial charge in [0.2, 0.25) is 11.8 Å². The Balaban J connectivity index is 1.74. The summed E-state index contributed by atoms with van der Waals surface area (Å²) in [6, 6.07) is 15.6. The lowest BCUT2D eigenvalue weighted by molar-refractivity contribution is -0.131. The first-order valence-electron chi connectivity index (χ1n) is 11.0. The van der Waals surface area contributed by atoms with Gasteiger partial charge in [-0.15, -0.1) is 0 Å². The van der Waals surface area contributed by atoms with Gasteiger partial charge in [0.05, 0.1) is 29.6 Å². The minimum atomic E-state index is -0.331. The van der Waals surface area contributed by atoms with Crippen LogP contribution in [0.2, 0.25) is 0 Å². The summed E-state index contributed by atoms with van der Waals surface area (Å²) in [4.78, 5) is 14.3. The van der Waals surface area contributed by atoms with E-state index in [0.717, 1.165) is 36.4 Å². The normalized spacial score (nSPS) is 15.7. The number of aryl methyl sites for hydroxylation is 1. The number of carbonyl (C=O) groups excluding carboxylic acids is 1. The fourth-order valence-electron chi connectivity index (χ4n) is 3.91. The predicted molar refractivity (Wildman–Crippen MR) is 119 cm³/mol. The van der Waals surface area contributed by atoms with Crippen molar-refractivity contribution >= 4 is 5.91 Å². The van der Waals surface area contributed by atoms with E-state index < -0.39 is 0 Å². The number of amides is 1. The molecule has 0 N–H and O–H groups in total.